The second-order valence-electron chi connectivity index (χ2n) is 4.60. The number of hydrogen-bond donors (Lipinski definition) is 1. The van der Waals surface area contributed by atoms with E-state index in [1.807, 2.05) is 33.9 Å². The lowest BCUT2D eigenvalue weighted by Crippen LogP contribution is -2.19. The third kappa shape index (κ3) is 2.20. The summed E-state index contributed by atoms with van der Waals surface area (Å²) in [6.45, 7) is 5.85. The molecule has 96 valence electrons. The van der Waals surface area contributed by atoms with Gasteiger partial charge in [-0.05, 0) is 19.4 Å². The molecule has 0 fully saturated rings. The van der Waals surface area contributed by atoms with Crippen LogP contribution in [0.5, 0.6) is 0 Å². The van der Waals surface area contributed by atoms with Crippen molar-refractivity contribution < 1.29 is 4.79 Å². The minimum absolute atomic E-state index is 0.00990. The van der Waals surface area contributed by atoms with E-state index in [-0.39, 0.29) is 11.8 Å². The summed E-state index contributed by atoms with van der Waals surface area (Å²) in [6, 6.07) is 1.92. The van der Waals surface area contributed by atoms with Crippen LogP contribution in [-0.2, 0) is 11.8 Å². The highest BCUT2D eigenvalue weighted by atomic mass is 16.1. The van der Waals surface area contributed by atoms with Crippen molar-refractivity contribution in [3.8, 4) is 0 Å². The standard InChI is InChI=1S/C13H18N4O/c1-5-8(2)13(18)15-10-6-11-9(3)16-17(4)12(11)14-7-10/h6-8H,5H2,1-4H3,(H,15,18). The molecular formula is C13H18N4O. The van der Waals surface area contributed by atoms with E-state index in [9.17, 15) is 4.79 Å². The Morgan fingerprint density at radius 3 is 2.94 bits per heavy atom. The molecule has 1 atom stereocenters. The van der Waals surface area contributed by atoms with Gasteiger partial charge in [0.1, 0.15) is 0 Å². The van der Waals surface area contributed by atoms with E-state index < -0.39 is 0 Å². The first-order valence-corrected chi connectivity index (χ1v) is 6.13. The number of carbonyl (C=O) groups excluding carboxylic acids is 1. The highest BCUT2D eigenvalue weighted by Crippen LogP contribution is 2.19. The molecular weight excluding hydrogens is 228 g/mol. The van der Waals surface area contributed by atoms with Gasteiger partial charge in [0, 0.05) is 18.4 Å². The number of anilines is 1. The molecule has 1 amide bonds. The molecule has 0 radical (unpaired) electrons. The molecule has 0 spiro atoms. The Bertz CT molecular complexity index is 588. The second kappa shape index (κ2) is 4.76. The molecule has 2 heterocycles. The summed E-state index contributed by atoms with van der Waals surface area (Å²) in [5, 5.41) is 8.16. The Labute approximate surface area is 106 Å². The van der Waals surface area contributed by atoms with E-state index >= 15 is 0 Å². The molecule has 0 bridgehead atoms. The Balaban J connectivity index is 2.30. The van der Waals surface area contributed by atoms with Crippen LogP contribution in [0.25, 0.3) is 11.0 Å². The van der Waals surface area contributed by atoms with E-state index in [1.54, 1.807) is 10.9 Å². The quantitative estimate of drug-likeness (QED) is 0.903. The summed E-state index contributed by atoms with van der Waals surface area (Å²) in [5.74, 6) is 0.0379. The maximum absolute atomic E-state index is 11.8. The van der Waals surface area contributed by atoms with Gasteiger partial charge < -0.3 is 5.32 Å². The predicted molar refractivity (Wildman–Crippen MR) is 71.3 cm³/mol. The summed E-state index contributed by atoms with van der Waals surface area (Å²) in [4.78, 5) is 16.1. The minimum atomic E-state index is 0.00990. The van der Waals surface area contributed by atoms with Crippen molar-refractivity contribution in [2.24, 2.45) is 13.0 Å². The number of nitrogens with one attached hydrogen (secondary N) is 1. The van der Waals surface area contributed by atoms with Gasteiger partial charge in [0.25, 0.3) is 0 Å². The van der Waals surface area contributed by atoms with Crippen LogP contribution in [0.15, 0.2) is 12.3 Å². The van der Waals surface area contributed by atoms with Crippen molar-refractivity contribution >= 4 is 22.6 Å². The molecule has 0 aromatic carbocycles. The van der Waals surface area contributed by atoms with Crippen molar-refractivity contribution in [1.29, 1.82) is 0 Å². The zero-order valence-electron chi connectivity index (χ0n) is 11.2. The molecule has 0 saturated carbocycles. The minimum Gasteiger partial charge on any atom is -0.324 e. The van der Waals surface area contributed by atoms with Crippen LogP contribution in [0.1, 0.15) is 26.0 Å². The third-order valence-electron chi connectivity index (χ3n) is 3.19. The van der Waals surface area contributed by atoms with E-state index in [0.717, 1.165) is 28.8 Å². The monoisotopic (exact) mass is 246 g/mol. The Hall–Kier alpha value is -1.91. The first-order chi connectivity index (χ1) is 8.52. The van der Waals surface area contributed by atoms with E-state index in [2.05, 4.69) is 15.4 Å². The third-order valence-corrected chi connectivity index (χ3v) is 3.19. The highest BCUT2D eigenvalue weighted by Gasteiger charge is 2.12. The lowest BCUT2D eigenvalue weighted by atomic mass is 10.1. The fraction of sp³-hybridized carbons (Fsp3) is 0.462. The molecule has 1 N–H and O–H groups in total. The molecule has 0 aliphatic rings. The van der Waals surface area contributed by atoms with Gasteiger partial charge in [-0.25, -0.2) is 4.98 Å². The van der Waals surface area contributed by atoms with Crippen molar-refractivity contribution in [3.05, 3.63) is 18.0 Å². The van der Waals surface area contributed by atoms with Crippen molar-refractivity contribution in [2.75, 3.05) is 5.32 Å². The first kappa shape index (κ1) is 12.5. The zero-order chi connectivity index (χ0) is 13.3. The number of nitrogens with zero attached hydrogens (tertiary/aromatic N) is 3. The van der Waals surface area contributed by atoms with Gasteiger partial charge in [0.15, 0.2) is 5.65 Å². The number of hydrogen-bond acceptors (Lipinski definition) is 3. The first-order valence-electron chi connectivity index (χ1n) is 6.13. The average molecular weight is 246 g/mol. The number of fused-ring (bicyclic) bond motifs is 1. The zero-order valence-corrected chi connectivity index (χ0v) is 11.2. The molecule has 0 aliphatic heterocycles. The molecule has 2 aromatic rings. The number of rotatable bonds is 3. The van der Waals surface area contributed by atoms with Crippen LogP contribution in [0, 0.1) is 12.8 Å². The van der Waals surface area contributed by atoms with E-state index in [1.165, 1.54) is 0 Å². The molecule has 2 aromatic heterocycles. The smallest absolute Gasteiger partial charge is 0.227 e. The van der Waals surface area contributed by atoms with Crippen LogP contribution < -0.4 is 5.32 Å². The Morgan fingerprint density at radius 2 is 2.28 bits per heavy atom. The van der Waals surface area contributed by atoms with Crippen molar-refractivity contribution in [3.63, 3.8) is 0 Å². The second-order valence-corrected chi connectivity index (χ2v) is 4.60. The lowest BCUT2D eigenvalue weighted by Gasteiger charge is -2.09. The van der Waals surface area contributed by atoms with E-state index in [4.69, 9.17) is 0 Å². The largest absolute Gasteiger partial charge is 0.324 e. The maximum atomic E-state index is 11.8. The average Bonchev–Trinajstić information content (AvgIpc) is 2.63. The number of aryl methyl sites for hydroxylation is 2. The molecule has 2 rings (SSSR count). The molecule has 0 aliphatic carbocycles. The molecule has 5 nitrogen and oxygen atoms in total. The summed E-state index contributed by atoms with van der Waals surface area (Å²) in [6.07, 6.45) is 2.50. The Morgan fingerprint density at radius 1 is 1.56 bits per heavy atom. The summed E-state index contributed by atoms with van der Waals surface area (Å²) < 4.78 is 1.74. The molecule has 1 unspecified atom stereocenters. The maximum Gasteiger partial charge on any atom is 0.227 e. The lowest BCUT2D eigenvalue weighted by molar-refractivity contribution is -0.119. The van der Waals surface area contributed by atoms with Gasteiger partial charge in [-0.2, -0.15) is 5.10 Å². The summed E-state index contributed by atoms with van der Waals surface area (Å²) in [5.41, 5.74) is 2.47. The van der Waals surface area contributed by atoms with Crippen LogP contribution in [0.3, 0.4) is 0 Å². The Kier molecular flexibility index (Phi) is 3.32. The number of pyridine rings is 1. The molecule has 18 heavy (non-hydrogen) atoms. The SMILES string of the molecule is CCC(C)C(=O)Nc1cnc2c(c1)c(C)nn2C. The highest BCUT2D eigenvalue weighted by molar-refractivity contribution is 5.94. The number of carbonyl (C=O) groups is 1. The van der Waals surface area contributed by atoms with Crippen LogP contribution >= 0.6 is 0 Å². The van der Waals surface area contributed by atoms with Crippen molar-refractivity contribution in [1.82, 2.24) is 14.8 Å². The van der Waals surface area contributed by atoms with Gasteiger partial charge in [-0.1, -0.05) is 13.8 Å². The van der Waals surface area contributed by atoms with Crippen molar-refractivity contribution in [2.45, 2.75) is 27.2 Å². The molecule has 0 saturated heterocycles. The normalized spacial score (nSPS) is 12.7. The number of amides is 1. The van der Waals surface area contributed by atoms with Crippen LogP contribution in [0.4, 0.5) is 5.69 Å². The summed E-state index contributed by atoms with van der Waals surface area (Å²) in [7, 11) is 1.86. The van der Waals surface area contributed by atoms with Gasteiger partial charge in [-0.15, -0.1) is 0 Å². The van der Waals surface area contributed by atoms with Crippen LogP contribution in [0.2, 0.25) is 0 Å². The van der Waals surface area contributed by atoms with Crippen LogP contribution in [-0.4, -0.2) is 20.7 Å². The topological polar surface area (TPSA) is 59.8 Å². The fourth-order valence-corrected chi connectivity index (χ4v) is 1.83. The number of aromatic nitrogens is 3. The predicted octanol–water partition coefficient (Wildman–Crippen LogP) is 2.26. The van der Waals surface area contributed by atoms with E-state index in [0.29, 0.717) is 0 Å². The molecule has 5 heteroatoms. The van der Waals surface area contributed by atoms with Gasteiger partial charge in [0.2, 0.25) is 5.91 Å². The fourth-order valence-electron chi connectivity index (χ4n) is 1.83. The van der Waals surface area contributed by atoms with Gasteiger partial charge in [-0.3, -0.25) is 9.48 Å². The van der Waals surface area contributed by atoms with Gasteiger partial charge >= 0.3 is 0 Å². The summed E-state index contributed by atoms with van der Waals surface area (Å²) >= 11 is 0. The van der Waals surface area contributed by atoms with Gasteiger partial charge in [0.05, 0.1) is 17.6 Å².